The third-order valence-corrected chi connectivity index (χ3v) is 6.69. The molecule has 1 aliphatic carbocycles. The van der Waals surface area contributed by atoms with E-state index >= 15 is 0 Å². The molecule has 0 aromatic rings. The number of piperidine rings is 1. The van der Waals surface area contributed by atoms with Crippen LogP contribution in [0.5, 0.6) is 0 Å². The molecule has 0 aromatic heterocycles. The van der Waals surface area contributed by atoms with E-state index in [-0.39, 0.29) is 11.3 Å². The van der Waals surface area contributed by atoms with Gasteiger partial charge in [0.15, 0.2) is 0 Å². The van der Waals surface area contributed by atoms with Gasteiger partial charge >= 0.3 is 0 Å². The zero-order valence-electron chi connectivity index (χ0n) is 12.0. The average molecular weight is 290 g/mol. The molecule has 2 fully saturated rings. The van der Waals surface area contributed by atoms with E-state index < -0.39 is 10.0 Å². The molecule has 1 saturated heterocycles. The molecule has 1 N–H and O–H groups in total. The topological polar surface area (TPSA) is 58.6 Å². The van der Waals surface area contributed by atoms with Gasteiger partial charge in [-0.25, -0.2) is 8.42 Å². The minimum atomic E-state index is -3.21. The van der Waals surface area contributed by atoms with Gasteiger partial charge in [-0.1, -0.05) is 0 Å². The summed E-state index contributed by atoms with van der Waals surface area (Å²) in [4.78, 5) is 0. The molecule has 5 nitrogen and oxygen atoms in total. The number of rotatable bonds is 7. The van der Waals surface area contributed by atoms with Crippen molar-refractivity contribution in [3.05, 3.63) is 0 Å². The number of ether oxygens (including phenoxy) is 1. The molecule has 6 heteroatoms. The van der Waals surface area contributed by atoms with Crippen molar-refractivity contribution in [1.29, 1.82) is 0 Å². The maximum absolute atomic E-state index is 12.8. The minimum absolute atomic E-state index is 0.113. The Labute approximate surface area is 116 Å². The lowest BCUT2D eigenvalue weighted by Gasteiger charge is -2.33. The van der Waals surface area contributed by atoms with Crippen LogP contribution in [0.25, 0.3) is 0 Å². The van der Waals surface area contributed by atoms with E-state index in [1.807, 2.05) is 6.92 Å². The van der Waals surface area contributed by atoms with Crippen LogP contribution in [-0.2, 0) is 14.8 Å². The van der Waals surface area contributed by atoms with Crippen molar-refractivity contribution in [1.82, 2.24) is 9.62 Å². The number of sulfonamides is 1. The molecule has 0 aromatic carbocycles. The smallest absolute Gasteiger partial charge is 0.218 e. The first-order chi connectivity index (χ1) is 9.07. The third-order valence-electron chi connectivity index (χ3n) is 4.27. The van der Waals surface area contributed by atoms with Crippen LogP contribution in [0.3, 0.4) is 0 Å². The second-order valence-electron chi connectivity index (χ2n) is 5.69. The Morgan fingerprint density at radius 1 is 1.37 bits per heavy atom. The number of methoxy groups -OCH3 is 1. The summed E-state index contributed by atoms with van der Waals surface area (Å²) in [6.45, 7) is 4.51. The van der Waals surface area contributed by atoms with Gasteiger partial charge in [0.25, 0.3) is 0 Å². The molecule has 0 amide bonds. The molecule has 2 aliphatic rings. The van der Waals surface area contributed by atoms with Crippen LogP contribution in [-0.4, -0.2) is 57.4 Å². The molecule has 2 unspecified atom stereocenters. The Kier molecular flexibility index (Phi) is 5.22. The number of nitrogens with zero attached hydrogens (tertiary/aromatic N) is 1. The largest absolute Gasteiger partial charge is 0.383 e. The Morgan fingerprint density at radius 2 is 2.11 bits per heavy atom. The van der Waals surface area contributed by atoms with E-state index in [0.29, 0.717) is 25.6 Å². The average Bonchev–Trinajstić information content (AvgIpc) is 3.24. The molecule has 19 heavy (non-hydrogen) atoms. The van der Waals surface area contributed by atoms with Crippen molar-refractivity contribution in [3.8, 4) is 0 Å². The Balaban J connectivity index is 2.09. The highest BCUT2D eigenvalue weighted by Crippen LogP contribution is 2.36. The summed E-state index contributed by atoms with van der Waals surface area (Å²) >= 11 is 0. The highest BCUT2D eigenvalue weighted by molar-refractivity contribution is 7.89. The summed E-state index contributed by atoms with van der Waals surface area (Å²) in [7, 11) is -1.59. The Bertz CT molecular complexity index is 375. The van der Waals surface area contributed by atoms with E-state index in [1.54, 1.807) is 11.4 Å². The van der Waals surface area contributed by atoms with Gasteiger partial charge in [0.2, 0.25) is 10.0 Å². The highest BCUT2D eigenvalue weighted by Gasteiger charge is 2.40. The van der Waals surface area contributed by atoms with Crippen LogP contribution in [0, 0.1) is 5.92 Å². The van der Waals surface area contributed by atoms with Crippen molar-refractivity contribution < 1.29 is 13.2 Å². The predicted octanol–water partition coefficient (Wildman–Crippen LogP) is 0.815. The first-order valence-electron chi connectivity index (χ1n) is 7.27. The zero-order chi connectivity index (χ0) is 13.9. The van der Waals surface area contributed by atoms with Crippen molar-refractivity contribution in [2.75, 3.05) is 33.4 Å². The molecule has 1 heterocycles. The Hall–Kier alpha value is -0.170. The van der Waals surface area contributed by atoms with Gasteiger partial charge in [-0.05, 0) is 45.1 Å². The van der Waals surface area contributed by atoms with E-state index in [1.165, 1.54) is 0 Å². The lowest BCUT2D eigenvalue weighted by Crippen LogP contribution is -2.50. The van der Waals surface area contributed by atoms with Crippen LogP contribution in [0.4, 0.5) is 0 Å². The quantitative estimate of drug-likeness (QED) is 0.754. The van der Waals surface area contributed by atoms with Crippen LogP contribution in [0.2, 0.25) is 0 Å². The highest BCUT2D eigenvalue weighted by atomic mass is 32.2. The second kappa shape index (κ2) is 6.52. The number of hydrogen-bond donors (Lipinski definition) is 1. The molecule has 2 rings (SSSR count). The molecule has 0 bridgehead atoms. The van der Waals surface area contributed by atoms with E-state index in [2.05, 4.69) is 5.32 Å². The lowest BCUT2D eigenvalue weighted by molar-refractivity contribution is 0.163. The van der Waals surface area contributed by atoms with Gasteiger partial charge in [0.05, 0.1) is 11.9 Å². The third kappa shape index (κ3) is 3.68. The molecular formula is C13H26N2O3S. The summed E-state index contributed by atoms with van der Waals surface area (Å²) in [6.07, 6.45) is 4.03. The molecule has 0 radical (unpaired) electrons. The van der Waals surface area contributed by atoms with Crippen LogP contribution >= 0.6 is 0 Å². The summed E-state index contributed by atoms with van der Waals surface area (Å²) in [5, 5.41) is 2.93. The van der Waals surface area contributed by atoms with Crippen LogP contribution in [0.15, 0.2) is 0 Å². The predicted molar refractivity (Wildman–Crippen MR) is 75.6 cm³/mol. The summed E-state index contributed by atoms with van der Waals surface area (Å²) in [5.41, 5.74) is 0. The van der Waals surface area contributed by atoms with Gasteiger partial charge in [-0.15, -0.1) is 0 Å². The SMILES string of the molecule is COCCN(C(C)C1CC1)S(=O)(=O)C1CCCNC1. The second-order valence-corrected chi connectivity index (χ2v) is 7.86. The normalized spacial score (nSPS) is 26.6. The molecule has 1 aliphatic heterocycles. The maximum atomic E-state index is 12.8. The number of hydrogen-bond acceptors (Lipinski definition) is 4. The van der Waals surface area contributed by atoms with Gasteiger partial charge in [-0.3, -0.25) is 0 Å². The van der Waals surface area contributed by atoms with Gasteiger partial charge in [-0.2, -0.15) is 4.31 Å². The molecule has 112 valence electrons. The van der Waals surface area contributed by atoms with Crippen LogP contribution in [0.1, 0.15) is 32.6 Å². The summed E-state index contributed by atoms with van der Waals surface area (Å²) in [5.74, 6) is 0.545. The van der Waals surface area contributed by atoms with E-state index in [0.717, 1.165) is 32.2 Å². The van der Waals surface area contributed by atoms with Crippen LogP contribution < -0.4 is 5.32 Å². The Morgan fingerprint density at radius 3 is 2.63 bits per heavy atom. The fourth-order valence-corrected chi connectivity index (χ4v) is 4.96. The fourth-order valence-electron chi connectivity index (χ4n) is 2.82. The van der Waals surface area contributed by atoms with Crippen molar-refractivity contribution in [2.45, 2.75) is 43.9 Å². The maximum Gasteiger partial charge on any atom is 0.218 e. The first-order valence-corrected chi connectivity index (χ1v) is 8.78. The molecular weight excluding hydrogens is 264 g/mol. The molecule has 0 spiro atoms. The summed E-state index contributed by atoms with van der Waals surface area (Å²) in [6, 6.07) is 0.113. The fraction of sp³-hybridized carbons (Fsp3) is 1.00. The monoisotopic (exact) mass is 290 g/mol. The van der Waals surface area contributed by atoms with Crippen molar-refractivity contribution >= 4 is 10.0 Å². The van der Waals surface area contributed by atoms with Crippen molar-refractivity contribution in [2.24, 2.45) is 5.92 Å². The number of nitrogens with one attached hydrogen (secondary N) is 1. The first kappa shape index (κ1) is 15.2. The standard InChI is InChI=1S/C13H26N2O3S/c1-11(12-5-6-12)15(8-9-18-2)19(16,17)13-4-3-7-14-10-13/h11-14H,3-10H2,1-2H3. The van der Waals surface area contributed by atoms with Gasteiger partial charge in [0.1, 0.15) is 0 Å². The van der Waals surface area contributed by atoms with E-state index in [4.69, 9.17) is 4.74 Å². The molecule has 2 atom stereocenters. The van der Waals surface area contributed by atoms with Gasteiger partial charge in [0, 0.05) is 26.2 Å². The van der Waals surface area contributed by atoms with Gasteiger partial charge < -0.3 is 10.1 Å². The minimum Gasteiger partial charge on any atom is -0.383 e. The summed E-state index contributed by atoms with van der Waals surface area (Å²) < 4.78 is 32.4. The van der Waals surface area contributed by atoms with E-state index in [9.17, 15) is 8.42 Å². The molecule has 1 saturated carbocycles. The zero-order valence-corrected chi connectivity index (χ0v) is 12.8. The van der Waals surface area contributed by atoms with Crippen molar-refractivity contribution in [3.63, 3.8) is 0 Å². The lowest BCUT2D eigenvalue weighted by atomic mass is 10.2.